The highest BCUT2D eigenvalue weighted by Gasteiger charge is 2.36. The highest BCUT2D eigenvalue weighted by Crippen LogP contribution is 2.22. The summed E-state index contributed by atoms with van der Waals surface area (Å²) in [6.07, 6.45) is 1.12. The lowest BCUT2D eigenvalue weighted by Gasteiger charge is -2.33. The van der Waals surface area contributed by atoms with Gasteiger partial charge in [0.2, 0.25) is 5.91 Å². The second-order valence-electron chi connectivity index (χ2n) is 5.47. The van der Waals surface area contributed by atoms with Crippen molar-refractivity contribution in [2.24, 2.45) is 5.73 Å². The van der Waals surface area contributed by atoms with E-state index >= 15 is 0 Å². The van der Waals surface area contributed by atoms with E-state index in [1.54, 1.807) is 0 Å². The van der Waals surface area contributed by atoms with Gasteiger partial charge in [-0.05, 0) is 44.4 Å². The molecule has 1 fully saturated rings. The zero-order chi connectivity index (χ0) is 15.3. The first-order chi connectivity index (χ1) is 10.0. The van der Waals surface area contributed by atoms with Gasteiger partial charge in [-0.2, -0.15) is 0 Å². The number of nitrogens with one attached hydrogen (secondary N) is 1. The zero-order valence-electron chi connectivity index (χ0n) is 13.1. The highest BCUT2D eigenvalue weighted by atomic mass is 35.5. The molecule has 1 aliphatic rings. The van der Waals surface area contributed by atoms with Crippen molar-refractivity contribution in [3.05, 3.63) is 29.8 Å². The molecule has 0 aromatic heterocycles. The number of amides is 1. The Labute approximate surface area is 138 Å². The van der Waals surface area contributed by atoms with Crippen LogP contribution < -0.4 is 15.8 Å². The minimum absolute atomic E-state index is 0. The number of halogens is 1. The van der Waals surface area contributed by atoms with Gasteiger partial charge in [0.05, 0.1) is 18.2 Å². The van der Waals surface area contributed by atoms with Crippen molar-refractivity contribution in [3.8, 4) is 5.75 Å². The van der Waals surface area contributed by atoms with Crippen LogP contribution in [0, 0.1) is 0 Å². The Balaban J connectivity index is 0.00000242. The lowest BCUT2D eigenvalue weighted by atomic mass is 9.90. The minimum Gasteiger partial charge on any atom is -0.494 e. The standard InChI is InChI=1S/C16H24N2O3.ClH/c1-3-21-14-6-4-5-13(11-14)12(2)18-15(19)16(17)7-9-20-10-8-16;/h4-6,11-12H,3,7-10,17H2,1-2H3,(H,18,19);1H. The van der Waals surface area contributed by atoms with E-state index in [1.807, 2.05) is 38.1 Å². The minimum atomic E-state index is -0.815. The fourth-order valence-electron chi connectivity index (χ4n) is 2.43. The van der Waals surface area contributed by atoms with E-state index in [2.05, 4.69) is 5.32 Å². The summed E-state index contributed by atoms with van der Waals surface area (Å²) in [6, 6.07) is 7.64. The summed E-state index contributed by atoms with van der Waals surface area (Å²) in [7, 11) is 0. The maximum atomic E-state index is 12.4. The van der Waals surface area contributed by atoms with Gasteiger partial charge in [0.1, 0.15) is 5.75 Å². The van der Waals surface area contributed by atoms with Crippen molar-refractivity contribution in [1.29, 1.82) is 0 Å². The number of carbonyl (C=O) groups is 1. The first-order valence-electron chi connectivity index (χ1n) is 7.45. The number of carbonyl (C=O) groups excluding carboxylic acids is 1. The predicted molar refractivity (Wildman–Crippen MR) is 88.4 cm³/mol. The van der Waals surface area contributed by atoms with E-state index in [9.17, 15) is 4.79 Å². The molecule has 22 heavy (non-hydrogen) atoms. The molecule has 1 heterocycles. The van der Waals surface area contributed by atoms with Crippen LogP contribution in [-0.4, -0.2) is 31.3 Å². The Hall–Kier alpha value is -1.30. The third kappa shape index (κ3) is 4.60. The number of hydrogen-bond acceptors (Lipinski definition) is 4. The van der Waals surface area contributed by atoms with Gasteiger partial charge < -0.3 is 20.5 Å². The number of nitrogens with two attached hydrogens (primary N) is 1. The Morgan fingerprint density at radius 1 is 1.45 bits per heavy atom. The highest BCUT2D eigenvalue weighted by molar-refractivity contribution is 5.86. The first kappa shape index (κ1) is 18.7. The van der Waals surface area contributed by atoms with E-state index < -0.39 is 5.54 Å². The summed E-state index contributed by atoms with van der Waals surface area (Å²) in [4.78, 5) is 12.4. The number of benzene rings is 1. The molecule has 0 bridgehead atoms. The average Bonchev–Trinajstić information content (AvgIpc) is 2.48. The Kier molecular flexibility index (Phi) is 7.13. The SMILES string of the molecule is CCOc1cccc(C(C)NC(=O)C2(N)CCOCC2)c1.Cl. The maximum Gasteiger partial charge on any atom is 0.240 e. The van der Waals surface area contributed by atoms with Crippen molar-refractivity contribution in [2.45, 2.75) is 38.3 Å². The monoisotopic (exact) mass is 328 g/mol. The third-order valence-electron chi connectivity index (χ3n) is 3.85. The van der Waals surface area contributed by atoms with Crippen LogP contribution in [0.15, 0.2) is 24.3 Å². The molecular weight excluding hydrogens is 304 g/mol. The largest absolute Gasteiger partial charge is 0.494 e. The van der Waals surface area contributed by atoms with Crippen LogP contribution in [0.1, 0.15) is 38.3 Å². The third-order valence-corrected chi connectivity index (χ3v) is 3.85. The van der Waals surface area contributed by atoms with Crippen LogP contribution in [0.5, 0.6) is 5.75 Å². The molecule has 1 unspecified atom stereocenters. The molecule has 1 aromatic rings. The summed E-state index contributed by atoms with van der Waals surface area (Å²) in [6.45, 7) is 5.60. The molecule has 1 aliphatic heterocycles. The molecule has 0 saturated carbocycles. The molecule has 1 saturated heterocycles. The van der Waals surface area contributed by atoms with Crippen molar-refractivity contribution in [1.82, 2.24) is 5.32 Å². The average molecular weight is 329 g/mol. The van der Waals surface area contributed by atoms with Gasteiger partial charge in [-0.25, -0.2) is 0 Å². The van der Waals surface area contributed by atoms with Gasteiger partial charge in [-0.3, -0.25) is 4.79 Å². The van der Waals surface area contributed by atoms with Gasteiger partial charge in [0.25, 0.3) is 0 Å². The molecule has 0 radical (unpaired) electrons. The Morgan fingerprint density at radius 2 is 2.14 bits per heavy atom. The van der Waals surface area contributed by atoms with Gasteiger partial charge in [0.15, 0.2) is 0 Å². The molecule has 0 aliphatic carbocycles. The molecule has 1 aromatic carbocycles. The first-order valence-corrected chi connectivity index (χ1v) is 7.45. The molecule has 6 heteroatoms. The van der Waals surface area contributed by atoms with E-state index in [4.69, 9.17) is 15.2 Å². The van der Waals surface area contributed by atoms with Crippen molar-refractivity contribution in [2.75, 3.05) is 19.8 Å². The van der Waals surface area contributed by atoms with E-state index in [0.717, 1.165) is 11.3 Å². The summed E-state index contributed by atoms with van der Waals surface area (Å²) in [5.41, 5.74) is 6.38. The summed E-state index contributed by atoms with van der Waals surface area (Å²) in [5, 5.41) is 3.00. The summed E-state index contributed by atoms with van der Waals surface area (Å²) >= 11 is 0. The van der Waals surface area contributed by atoms with Crippen molar-refractivity contribution >= 4 is 18.3 Å². The molecule has 1 atom stereocenters. The van der Waals surface area contributed by atoms with E-state index in [1.165, 1.54) is 0 Å². The molecule has 2 rings (SSSR count). The van der Waals surface area contributed by atoms with E-state index in [0.29, 0.717) is 32.7 Å². The molecular formula is C16H25ClN2O3. The Bertz CT molecular complexity index is 490. The van der Waals surface area contributed by atoms with Crippen LogP contribution in [0.3, 0.4) is 0 Å². The number of ether oxygens (including phenoxy) is 2. The fraction of sp³-hybridized carbons (Fsp3) is 0.562. The van der Waals surface area contributed by atoms with Crippen LogP contribution >= 0.6 is 12.4 Å². The van der Waals surface area contributed by atoms with E-state index in [-0.39, 0.29) is 24.4 Å². The van der Waals surface area contributed by atoms with Gasteiger partial charge in [0, 0.05) is 13.2 Å². The van der Waals surface area contributed by atoms with Crippen molar-refractivity contribution < 1.29 is 14.3 Å². The van der Waals surface area contributed by atoms with Crippen LogP contribution in [0.4, 0.5) is 0 Å². The summed E-state index contributed by atoms with van der Waals surface area (Å²) < 4.78 is 10.8. The second kappa shape index (κ2) is 8.36. The lowest BCUT2D eigenvalue weighted by molar-refractivity contribution is -0.130. The van der Waals surface area contributed by atoms with Gasteiger partial charge in [-0.15, -0.1) is 12.4 Å². The Morgan fingerprint density at radius 3 is 2.77 bits per heavy atom. The smallest absolute Gasteiger partial charge is 0.240 e. The van der Waals surface area contributed by atoms with Crippen molar-refractivity contribution in [3.63, 3.8) is 0 Å². The normalized spacial score (nSPS) is 18.0. The van der Waals surface area contributed by atoms with Crippen LogP contribution in [0.2, 0.25) is 0 Å². The zero-order valence-corrected chi connectivity index (χ0v) is 13.9. The topological polar surface area (TPSA) is 73.6 Å². The van der Waals surface area contributed by atoms with Crippen LogP contribution in [0.25, 0.3) is 0 Å². The maximum absolute atomic E-state index is 12.4. The quantitative estimate of drug-likeness (QED) is 0.869. The molecule has 0 spiro atoms. The predicted octanol–water partition coefficient (Wildman–Crippen LogP) is 2.19. The van der Waals surface area contributed by atoms with Crippen LogP contribution in [-0.2, 0) is 9.53 Å². The number of rotatable bonds is 5. The van der Waals surface area contributed by atoms with Gasteiger partial charge in [-0.1, -0.05) is 12.1 Å². The lowest BCUT2D eigenvalue weighted by Crippen LogP contribution is -2.57. The number of hydrogen-bond donors (Lipinski definition) is 2. The molecule has 5 nitrogen and oxygen atoms in total. The molecule has 124 valence electrons. The molecule has 3 N–H and O–H groups in total. The fourth-order valence-corrected chi connectivity index (χ4v) is 2.43. The summed E-state index contributed by atoms with van der Waals surface area (Å²) in [5.74, 6) is 0.699. The van der Waals surface area contributed by atoms with Gasteiger partial charge >= 0.3 is 0 Å². The molecule has 1 amide bonds. The second-order valence-corrected chi connectivity index (χ2v) is 5.47.